The lowest BCUT2D eigenvalue weighted by Crippen LogP contribution is -2.17. The number of amides is 1. The number of aromatic amines is 1. The number of carbonyl (C=O) groups is 1. The molecule has 2 rings (SSSR count). The topological polar surface area (TPSA) is 99.8 Å². The molecular formula is C11H10FN5O2. The standard InChI is InChI=1S/C11H10FN5O2/c1-13-10-7(4-6(12)5-14-10)11(19)15-8-2-3-9(18)17-16-8/h2-5H,1H3,(H,13,14)(H,17,18)(H,15,16,19). The number of pyridine rings is 1. The Balaban J connectivity index is 2.27. The quantitative estimate of drug-likeness (QED) is 0.753. The average molecular weight is 263 g/mol. The lowest BCUT2D eigenvalue weighted by Gasteiger charge is -2.08. The molecule has 0 saturated carbocycles. The first kappa shape index (κ1) is 12.7. The van der Waals surface area contributed by atoms with Crippen molar-refractivity contribution >= 4 is 17.5 Å². The number of hydrogen-bond acceptors (Lipinski definition) is 5. The van der Waals surface area contributed by atoms with Gasteiger partial charge in [-0.25, -0.2) is 14.5 Å². The van der Waals surface area contributed by atoms with Crippen molar-refractivity contribution in [1.82, 2.24) is 15.2 Å². The number of halogens is 1. The SMILES string of the molecule is CNc1ncc(F)cc1C(=O)Nc1ccc(=O)[nH]n1. The molecule has 2 aromatic heterocycles. The number of nitrogens with one attached hydrogen (secondary N) is 3. The van der Waals surface area contributed by atoms with Crippen molar-refractivity contribution < 1.29 is 9.18 Å². The van der Waals surface area contributed by atoms with Crippen LogP contribution in [0.5, 0.6) is 0 Å². The zero-order chi connectivity index (χ0) is 13.8. The Morgan fingerprint density at radius 3 is 2.84 bits per heavy atom. The highest BCUT2D eigenvalue weighted by atomic mass is 19.1. The first-order chi connectivity index (χ1) is 9.10. The minimum absolute atomic E-state index is 0.0375. The number of anilines is 2. The number of nitrogens with zero attached hydrogens (tertiary/aromatic N) is 2. The molecule has 0 aliphatic rings. The highest BCUT2D eigenvalue weighted by molar-refractivity contribution is 6.06. The van der Waals surface area contributed by atoms with E-state index in [0.717, 1.165) is 12.3 Å². The van der Waals surface area contributed by atoms with E-state index in [1.54, 1.807) is 7.05 Å². The largest absolute Gasteiger partial charge is 0.372 e. The molecule has 0 aliphatic carbocycles. The molecule has 98 valence electrons. The van der Waals surface area contributed by atoms with Gasteiger partial charge in [-0.3, -0.25) is 9.59 Å². The van der Waals surface area contributed by atoms with Crippen LogP contribution in [-0.2, 0) is 0 Å². The molecule has 0 unspecified atom stereocenters. The molecule has 0 bridgehead atoms. The first-order valence-electron chi connectivity index (χ1n) is 5.30. The highest BCUT2D eigenvalue weighted by Gasteiger charge is 2.14. The fourth-order valence-corrected chi connectivity index (χ4v) is 1.41. The number of H-pyrrole nitrogens is 1. The van der Waals surface area contributed by atoms with Gasteiger partial charge in [-0.1, -0.05) is 0 Å². The molecule has 19 heavy (non-hydrogen) atoms. The predicted octanol–water partition coefficient (Wildman–Crippen LogP) is 0.598. The van der Waals surface area contributed by atoms with Crippen LogP contribution in [0.2, 0.25) is 0 Å². The van der Waals surface area contributed by atoms with Crippen molar-refractivity contribution in [1.29, 1.82) is 0 Å². The van der Waals surface area contributed by atoms with Gasteiger partial charge in [0.05, 0.1) is 11.8 Å². The minimum atomic E-state index is -0.626. The van der Waals surface area contributed by atoms with Crippen molar-refractivity contribution in [3.8, 4) is 0 Å². The van der Waals surface area contributed by atoms with Gasteiger partial charge in [-0.2, -0.15) is 5.10 Å². The summed E-state index contributed by atoms with van der Waals surface area (Å²) in [5, 5.41) is 10.9. The van der Waals surface area contributed by atoms with Crippen molar-refractivity contribution in [3.63, 3.8) is 0 Å². The molecule has 0 fully saturated rings. The lowest BCUT2D eigenvalue weighted by atomic mass is 10.2. The Bertz CT molecular complexity index is 650. The fraction of sp³-hybridized carbons (Fsp3) is 0.0909. The summed E-state index contributed by atoms with van der Waals surface area (Å²) >= 11 is 0. The summed E-state index contributed by atoms with van der Waals surface area (Å²) < 4.78 is 13.1. The highest BCUT2D eigenvalue weighted by Crippen LogP contribution is 2.14. The van der Waals surface area contributed by atoms with Gasteiger partial charge in [0.1, 0.15) is 11.6 Å². The van der Waals surface area contributed by atoms with E-state index in [2.05, 4.69) is 25.8 Å². The second-order valence-corrected chi connectivity index (χ2v) is 3.56. The van der Waals surface area contributed by atoms with Gasteiger partial charge in [0, 0.05) is 13.1 Å². The van der Waals surface area contributed by atoms with E-state index in [4.69, 9.17) is 0 Å². The van der Waals surface area contributed by atoms with Gasteiger partial charge < -0.3 is 10.6 Å². The zero-order valence-corrected chi connectivity index (χ0v) is 9.90. The summed E-state index contributed by atoms with van der Waals surface area (Å²) in [6.45, 7) is 0. The van der Waals surface area contributed by atoms with Crippen molar-refractivity contribution in [2.45, 2.75) is 0 Å². The van der Waals surface area contributed by atoms with Crippen LogP contribution in [0.4, 0.5) is 16.0 Å². The van der Waals surface area contributed by atoms with E-state index < -0.39 is 11.7 Å². The molecule has 0 spiro atoms. The normalized spacial score (nSPS) is 10.0. The lowest BCUT2D eigenvalue weighted by molar-refractivity contribution is 0.102. The molecule has 0 atom stereocenters. The summed E-state index contributed by atoms with van der Waals surface area (Å²) in [5.41, 5.74) is -0.350. The smallest absolute Gasteiger partial charge is 0.264 e. The molecule has 7 nitrogen and oxygen atoms in total. The number of carbonyl (C=O) groups excluding carboxylic acids is 1. The predicted molar refractivity (Wildman–Crippen MR) is 66.6 cm³/mol. The summed E-state index contributed by atoms with van der Waals surface area (Å²) in [6, 6.07) is 3.60. The van der Waals surface area contributed by atoms with Crippen LogP contribution < -0.4 is 16.2 Å². The maximum absolute atomic E-state index is 13.1. The third-order valence-corrected chi connectivity index (χ3v) is 2.26. The van der Waals surface area contributed by atoms with E-state index in [1.807, 2.05) is 0 Å². The number of rotatable bonds is 3. The van der Waals surface area contributed by atoms with Crippen LogP contribution in [0, 0.1) is 5.82 Å². The molecule has 3 N–H and O–H groups in total. The second-order valence-electron chi connectivity index (χ2n) is 3.56. The third kappa shape index (κ3) is 2.92. The van der Waals surface area contributed by atoms with Gasteiger partial charge in [0.25, 0.3) is 11.5 Å². The maximum atomic E-state index is 13.1. The van der Waals surface area contributed by atoms with E-state index in [1.165, 1.54) is 12.1 Å². The molecular weight excluding hydrogens is 253 g/mol. The van der Waals surface area contributed by atoms with Gasteiger partial charge in [-0.05, 0) is 12.1 Å². The molecule has 2 aromatic rings. The summed E-state index contributed by atoms with van der Waals surface area (Å²) in [7, 11) is 1.56. The van der Waals surface area contributed by atoms with E-state index >= 15 is 0 Å². The zero-order valence-electron chi connectivity index (χ0n) is 9.90. The Kier molecular flexibility index (Phi) is 3.51. The molecule has 0 aromatic carbocycles. The first-order valence-corrected chi connectivity index (χ1v) is 5.30. The summed E-state index contributed by atoms with van der Waals surface area (Å²) in [5.74, 6) is -0.825. The Morgan fingerprint density at radius 2 is 2.21 bits per heavy atom. The van der Waals surface area contributed by atoms with Crippen LogP contribution in [-0.4, -0.2) is 28.1 Å². The number of aromatic nitrogens is 3. The number of hydrogen-bond donors (Lipinski definition) is 3. The van der Waals surface area contributed by atoms with Gasteiger partial charge in [-0.15, -0.1) is 0 Å². The maximum Gasteiger partial charge on any atom is 0.264 e. The minimum Gasteiger partial charge on any atom is -0.372 e. The monoisotopic (exact) mass is 263 g/mol. The van der Waals surface area contributed by atoms with Gasteiger partial charge >= 0.3 is 0 Å². The fourth-order valence-electron chi connectivity index (χ4n) is 1.41. The van der Waals surface area contributed by atoms with E-state index in [9.17, 15) is 14.0 Å². The van der Waals surface area contributed by atoms with Crippen molar-refractivity contribution in [3.05, 3.63) is 46.1 Å². The second kappa shape index (κ2) is 5.25. The molecule has 0 radical (unpaired) electrons. The van der Waals surface area contributed by atoms with Crippen LogP contribution >= 0.6 is 0 Å². The van der Waals surface area contributed by atoms with E-state index in [-0.39, 0.29) is 22.8 Å². The Morgan fingerprint density at radius 1 is 1.42 bits per heavy atom. The van der Waals surface area contributed by atoms with Gasteiger partial charge in [0.15, 0.2) is 5.82 Å². The van der Waals surface area contributed by atoms with Crippen LogP contribution in [0.25, 0.3) is 0 Å². The molecule has 0 aliphatic heterocycles. The summed E-state index contributed by atoms with van der Waals surface area (Å²) in [6.07, 6.45) is 1.00. The summed E-state index contributed by atoms with van der Waals surface area (Å²) in [4.78, 5) is 26.5. The Hall–Kier alpha value is -2.77. The molecule has 1 amide bonds. The van der Waals surface area contributed by atoms with E-state index in [0.29, 0.717) is 0 Å². The van der Waals surface area contributed by atoms with Crippen LogP contribution in [0.3, 0.4) is 0 Å². The molecule has 2 heterocycles. The van der Waals surface area contributed by atoms with Crippen molar-refractivity contribution in [2.24, 2.45) is 0 Å². The third-order valence-electron chi connectivity index (χ3n) is 2.26. The average Bonchev–Trinajstić information content (AvgIpc) is 2.41. The van der Waals surface area contributed by atoms with Gasteiger partial charge in [0.2, 0.25) is 0 Å². The van der Waals surface area contributed by atoms with Crippen LogP contribution in [0.15, 0.2) is 29.2 Å². The van der Waals surface area contributed by atoms with Crippen LogP contribution in [0.1, 0.15) is 10.4 Å². The van der Waals surface area contributed by atoms with Crippen molar-refractivity contribution in [2.75, 3.05) is 17.7 Å². The molecule has 0 saturated heterocycles. The molecule has 8 heteroatoms. The Labute approximate surface area is 106 Å².